The van der Waals surface area contributed by atoms with E-state index < -0.39 is 0 Å². The van der Waals surface area contributed by atoms with E-state index >= 15 is 0 Å². The van der Waals surface area contributed by atoms with Gasteiger partial charge in [-0.1, -0.05) is 0 Å². The summed E-state index contributed by atoms with van der Waals surface area (Å²) in [6.45, 7) is 1.92. The number of aryl methyl sites for hydroxylation is 1. The highest BCUT2D eigenvalue weighted by Gasteiger charge is 2.10. The summed E-state index contributed by atoms with van der Waals surface area (Å²) in [4.78, 5) is 15.8. The summed E-state index contributed by atoms with van der Waals surface area (Å²) in [5.74, 6) is 0.0492. The van der Waals surface area contributed by atoms with Crippen LogP contribution in [0.15, 0.2) is 28.4 Å². The van der Waals surface area contributed by atoms with Gasteiger partial charge in [-0.2, -0.15) is 0 Å². The summed E-state index contributed by atoms with van der Waals surface area (Å²) in [5, 5.41) is 2.80. The zero-order valence-corrected chi connectivity index (χ0v) is 8.50. The number of carbonyl (C=O) groups excluding carboxylic acids is 1. The summed E-state index contributed by atoms with van der Waals surface area (Å²) < 4.78 is 4.84. The molecule has 0 bridgehead atoms. The summed E-state index contributed by atoms with van der Waals surface area (Å²) in [6.07, 6.45) is 3.32. The Morgan fingerprint density at radius 2 is 2.50 bits per heavy atom. The lowest BCUT2D eigenvalue weighted by molar-refractivity contribution is 0.0992. The van der Waals surface area contributed by atoms with Crippen molar-refractivity contribution in [3.05, 3.63) is 40.2 Å². The first-order valence-corrected chi connectivity index (χ1v) is 5.10. The number of nitrogens with zero attached hydrogens (tertiary/aromatic N) is 1. The van der Waals surface area contributed by atoms with Crippen LogP contribution >= 0.6 is 11.3 Å². The molecule has 0 saturated heterocycles. The van der Waals surface area contributed by atoms with Crippen LogP contribution in [0.5, 0.6) is 0 Å². The Bertz CT molecular complexity index is 431. The smallest absolute Gasteiger partial charge is 0.172 e. The lowest BCUT2D eigenvalue weighted by Crippen LogP contribution is -2.01. The third kappa shape index (κ3) is 1.90. The van der Waals surface area contributed by atoms with Gasteiger partial charge in [0.05, 0.1) is 18.2 Å². The van der Waals surface area contributed by atoms with Gasteiger partial charge >= 0.3 is 0 Å². The van der Waals surface area contributed by atoms with Crippen molar-refractivity contribution < 1.29 is 9.21 Å². The molecule has 14 heavy (non-hydrogen) atoms. The summed E-state index contributed by atoms with van der Waals surface area (Å²) in [6, 6.07) is 1.67. The van der Waals surface area contributed by atoms with Crippen molar-refractivity contribution in [2.45, 2.75) is 13.3 Å². The number of aromatic nitrogens is 1. The molecule has 2 aromatic heterocycles. The number of carbonyl (C=O) groups is 1. The fraction of sp³-hybridized carbons (Fsp3) is 0.200. The average Bonchev–Trinajstić information content (AvgIpc) is 2.75. The van der Waals surface area contributed by atoms with Crippen molar-refractivity contribution in [1.82, 2.24) is 4.98 Å². The number of hydrogen-bond acceptors (Lipinski definition) is 4. The number of furan rings is 1. The Kier molecular flexibility index (Phi) is 2.45. The summed E-state index contributed by atoms with van der Waals surface area (Å²) >= 11 is 1.51. The van der Waals surface area contributed by atoms with Crippen LogP contribution in [0.2, 0.25) is 0 Å². The zero-order chi connectivity index (χ0) is 9.97. The van der Waals surface area contributed by atoms with E-state index in [9.17, 15) is 4.79 Å². The van der Waals surface area contributed by atoms with Gasteiger partial charge in [-0.05, 0) is 13.0 Å². The molecule has 0 N–H and O–H groups in total. The molecule has 2 aromatic rings. The van der Waals surface area contributed by atoms with E-state index in [0.717, 1.165) is 10.7 Å². The molecule has 0 spiro atoms. The van der Waals surface area contributed by atoms with Gasteiger partial charge < -0.3 is 4.42 Å². The number of hydrogen-bond donors (Lipinski definition) is 0. The fourth-order valence-corrected chi connectivity index (χ4v) is 1.92. The molecule has 3 nitrogen and oxygen atoms in total. The maximum atomic E-state index is 11.6. The topological polar surface area (TPSA) is 43.1 Å². The molecule has 0 unspecified atom stereocenters. The van der Waals surface area contributed by atoms with E-state index in [0.29, 0.717) is 12.0 Å². The van der Waals surface area contributed by atoms with E-state index in [4.69, 9.17) is 4.42 Å². The molecular formula is C10H9NO2S. The predicted octanol–water partition coefficient (Wildman–Crippen LogP) is 2.47. The van der Waals surface area contributed by atoms with Crippen LogP contribution in [0.1, 0.15) is 21.1 Å². The van der Waals surface area contributed by atoms with Gasteiger partial charge in [-0.15, -0.1) is 11.3 Å². The molecule has 0 aliphatic heterocycles. The summed E-state index contributed by atoms with van der Waals surface area (Å²) in [7, 11) is 0. The van der Waals surface area contributed by atoms with Crippen molar-refractivity contribution in [3.63, 3.8) is 0 Å². The van der Waals surface area contributed by atoms with Crippen molar-refractivity contribution >= 4 is 17.1 Å². The lowest BCUT2D eigenvalue weighted by Gasteiger charge is -1.92. The van der Waals surface area contributed by atoms with Gasteiger partial charge in [-0.3, -0.25) is 4.79 Å². The number of Topliss-reactive ketones (excluding diaryl/α,β-unsaturated/α-hetero) is 1. The molecule has 4 heteroatoms. The maximum Gasteiger partial charge on any atom is 0.172 e. The Hall–Kier alpha value is -1.42. The Morgan fingerprint density at radius 3 is 3.07 bits per heavy atom. The van der Waals surface area contributed by atoms with Crippen LogP contribution in [0.25, 0.3) is 0 Å². The second-order valence-electron chi connectivity index (χ2n) is 2.99. The van der Waals surface area contributed by atoms with Gasteiger partial charge in [-0.25, -0.2) is 4.98 Å². The molecule has 0 radical (unpaired) electrons. The number of thiazole rings is 1. The SMILES string of the molecule is Cc1csc(CC(=O)c2ccoc2)n1. The largest absolute Gasteiger partial charge is 0.472 e. The highest BCUT2D eigenvalue weighted by atomic mass is 32.1. The van der Waals surface area contributed by atoms with Crippen molar-refractivity contribution in [1.29, 1.82) is 0 Å². The van der Waals surface area contributed by atoms with Gasteiger partial charge in [0, 0.05) is 11.1 Å². The molecule has 72 valence electrons. The third-order valence-corrected chi connectivity index (χ3v) is 2.79. The minimum atomic E-state index is 0.0492. The van der Waals surface area contributed by atoms with Crippen molar-refractivity contribution in [3.8, 4) is 0 Å². The highest BCUT2D eigenvalue weighted by molar-refractivity contribution is 7.09. The van der Waals surface area contributed by atoms with Crippen LogP contribution in [0.4, 0.5) is 0 Å². The average molecular weight is 207 g/mol. The van der Waals surface area contributed by atoms with E-state index in [1.165, 1.54) is 23.9 Å². The zero-order valence-electron chi connectivity index (χ0n) is 7.69. The molecular weight excluding hydrogens is 198 g/mol. The standard InChI is InChI=1S/C10H9NO2S/c1-7-6-14-10(11-7)4-9(12)8-2-3-13-5-8/h2-3,5-6H,4H2,1H3. The first kappa shape index (κ1) is 9.15. The van der Waals surface area contributed by atoms with Crippen LogP contribution in [0, 0.1) is 6.92 Å². The van der Waals surface area contributed by atoms with Gasteiger partial charge in [0.15, 0.2) is 5.78 Å². The Morgan fingerprint density at radius 1 is 1.64 bits per heavy atom. The van der Waals surface area contributed by atoms with Gasteiger partial charge in [0.2, 0.25) is 0 Å². The lowest BCUT2D eigenvalue weighted by atomic mass is 10.2. The summed E-state index contributed by atoms with van der Waals surface area (Å²) in [5.41, 5.74) is 1.57. The molecule has 0 aliphatic rings. The van der Waals surface area contributed by atoms with Crippen LogP contribution < -0.4 is 0 Å². The second kappa shape index (κ2) is 3.75. The predicted molar refractivity (Wildman–Crippen MR) is 53.6 cm³/mol. The van der Waals surface area contributed by atoms with E-state index in [-0.39, 0.29) is 5.78 Å². The molecule has 2 heterocycles. The van der Waals surface area contributed by atoms with Gasteiger partial charge in [0.25, 0.3) is 0 Å². The number of ketones is 1. The first-order chi connectivity index (χ1) is 6.75. The van der Waals surface area contributed by atoms with Crippen molar-refractivity contribution in [2.75, 3.05) is 0 Å². The number of rotatable bonds is 3. The van der Waals surface area contributed by atoms with Crippen LogP contribution in [-0.4, -0.2) is 10.8 Å². The molecule has 0 fully saturated rings. The second-order valence-corrected chi connectivity index (χ2v) is 3.94. The maximum absolute atomic E-state index is 11.6. The highest BCUT2D eigenvalue weighted by Crippen LogP contribution is 2.12. The molecule has 0 atom stereocenters. The molecule has 0 amide bonds. The first-order valence-electron chi connectivity index (χ1n) is 4.22. The molecule has 2 rings (SSSR count). The molecule has 0 aromatic carbocycles. The normalized spacial score (nSPS) is 10.4. The monoisotopic (exact) mass is 207 g/mol. The Labute approximate surface area is 85.4 Å². The van der Waals surface area contributed by atoms with E-state index in [1.54, 1.807) is 6.07 Å². The molecule has 0 saturated carbocycles. The minimum Gasteiger partial charge on any atom is -0.472 e. The van der Waals surface area contributed by atoms with Crippen molar-refractivity contribution in [2.24, 2.45) is 0 Å². The van der Waals surface area contributed by atoms with E-state index in [2.05, 4.69) is 4.98 Å². The van der Waals surface area contributed by atoms with Crippen LogP contribution in [-0.2, 0) is 6.42 Å². The quantitative estimate of drug-likeness (QED) is 0.726. The third-order valence-electron chi connectivity index (χ3n) is 1.82. The Balaban J connectivity index is 2.09. The van der Waals surface area contributed by atoms with Crippen LogP contribution in [0.3, 0.4) is 0 Å². The minimum absolute atomic E-state index is 0.0492. The fourth-order valence-electron chi connectivity index (χ4n) is 1.15. The van der Waals surface area contributed by atoms with E-state index in [1.807, 2.05) is 12.3 Å². The van der Waals surface area contributed by atoms with Gasteiger partial charge in [0.1, 0.15) is 11.3 Å². The molecule has 0 aliphatic carbocycles.